The van der Waals surface area contributed by atoms with Crippen molar-refractivity contribution in [3.63, 3.8) is 0 Å². The van der Waals surface area contributed by atoms with E-state index in [-0.39, 0.29) is 0 Å². The predicted octanol–water partition coefficient (Wildman–Crippen LogP) is 14.3. The highest BCUT2D eigenvalue weighted by Crippen LogP contribution is 2.47. The second-order valence-electron chi connectivity index (χ2n) is 16.1. The molecule has 14 aromatic rings. The van der Waals surface area contributed by atoms with Crippen LogP contribution in [0.5, 0.6) is 0 Å². The van der Waals surface area contributed by atoms with Gasteiger partial charge in [0.1, 0.15) is 0 Å². The van der Waals surface area contributed by atoms with Crippen molar-refractivity contribution in [3.8, 4) is 33.9 Å². The van der Waals surface area contributed by atoms with Crippen molar-refractivity contribution < 1.29 is 0 Å². The summed E-state index contributed by atoms with van der Waals surface area (Å²) >= 11 is 0. The van der Waals surface area contributed by atoms with Crippen LogP contribution in [0.3, 0.4) is 0 Å². The van der Waals surface area contributed by atoms with E-state index in [9.17, 15) is 0 Å². The van der Waals surface area contributed by atoms with E-state index in [2.05, 4.69) is 202 Å². The fraction of sp³-hybridized carbons (Fsp3) is 0. The van der Waals surface area contributed by atoms with Crippen molar-refractivity contribution in [1.29, 1.82) is 0 Å². The Kier molecular flexibility index (Phi) is 6.49. The Balaban J connectivity index is 1.00. The molecule has 0 atom stereocenters. The van der Waals surface area contributed by atoms with Crippen LogP contribution in [-0.2, 0) is 0 Å². The van der Waals surface area contributed by atoms with Gasteiger partial charge in [-0.15, -0.1) is 0 Å². The molecule has 5 heteroatoms. The average Bonchev–Trinajstić information content (AvgIpc) is 4.05. The van der Waals surface area contributed by atoms with Crippen LogP contribution in [0.25, 0.3) is 127 Å². The molecular weight excluding hydrogens is 743 g/mol. The molecule has 0 saturated carbocycles. The molecule has 5 heterocycles. The molecule has 5 aromatic heterocycles. The number of hydrogen-bond acceptors (Lipinski definition) is 2. The topological polar surface area (TPSA) is 40.0 Å². The number of aromatic nitrogens is 5. The van der Waals surface area contributed by atoms with Gasteiger partial charge in [-0.1, -0.05) is 127 Å². The van der Waals surface area contributed by atoms with Crippen LogP contribution in [0, 0.1) is 0 Å². The summed E-state index contributed by atoms with van der Waals surface area (Å²) in [6.45, 7) is 0. The van der Waals surface area contributed by atoms with Gasteiger partial charge in [0.15, 0.2) is 0 Å². The molecule has 0 aliphatic heterocycles. The van der Waals surface area contributed by atoms with E-state index in [0.29, 0.717) is 0 Å². The van der Waals surface area contributed by atoms with E-state index in [0.717, 1.165) is 50.4 Å². The van der Waals surface area contributed by atoms with Gasteiger partial charge in [0.05, 0.1) is 61.0 Å². The zero-order valence-electron chi connectivity index (χ0n) is 32.8. The smallest absolute Gasteiger partial charge is 0.0973 e. The number of benzene rings is 9. The van der Waals surface area contributed by atoms with E-state index in [4.69, 9.17) is 9.97 Å². The van der Waals surface area contributed by atoms with Crippen molar-refractivity contribution in [2.24, 2.45) is 0 Å². The van der Waals surface area contributed by atoms with Crippen LogP contribution in [0.4, 0.5) is 0 Å². The molecule has 5 nitrogen and oxygen atoms in total. The van der Waals surface area contributed by atoms with Gasteiger partial charge in [-0.25, -0.2) is 9.97 Å². The minimum atomic E-state index is 0.855. The maximum atomic E-state index is 5.36. The first-order valence-electron chi connectivity index (χ1n) is 20.8. The lowest BCUT2D eigenvalue weighted by atomic mass is 10.0. The highest BCUT2D eigenvalue weighted by atomic mass is 15.0. The van der Waals surface area contributed by atoms with Crippen LogP contribution in [0.1, 0.15) is 0 Å². The van der Waals surface area contributed by atoms with Crippen LogP contribution in [0.15, 0.2) is 200 Å². The fourth-order valence-electron chi connectivity index (χ4n) is 10.4. The molecule has 0 fully saturated rings. The molecule has 0 bridgehead atoms. The lowest BCUT2D eigenvalue weighted by Crippen LogP contribution is -1.98. The van der Waals surface area contributed by atoms with Crippen molar-refractivity contribution in [2.45, 2.75) is 0 Å². The Labute approximate surface area is 348 Å². The molecule has 0 unspecified atom stereocenters. The zero-order valence-corrected chi connectivity index (χ0v) is 32.8. The van der Waals surface area contributed by atoms with Crippen LogP contribution >= 0.6 is 0 Å². The molecule has 0 spiro atoms. The van der Waals surface area contributed by atoms with Crippen LogP contribution < -0.4 is 0 Å². The lowest BCUT2D eigenvalue weighted by Gasteiger charge is -2.14. The summed E-state index contributed by atoms with van der Waals surface area (Å²) in [6.07, 6.45) is 0. The van der Waals surface area contributed by atoms with E-state index < -0.39 is 0 Å². The Morgan fingerprint density at radius 2 is 0.770 bits per heavy atom. The minimum absolute atomic E-state index is 0.855. The summed E-state index contributed by atoms with van der Waals surface area (Å²) in [5.74, 6) is 0. The van der Waals surface area contributed by atoms with Crippen molar-refractivity contribution in [3.05, 3.63) is 200 Å². The van der Waals surface area contributed by atoms with Gasteiger partial charge < -0.3 is 13.5 Å². The molecule has 0 aliphatic carbocycles. The van der Waals surface area contributed by atoms with E-state index in [1.165, 1.54) is 76.2 Å². The SMILES string of the molecule is c1ccc(-n2c3ccccc3c3ccc(-c4nc5ccccc5nc4-c4ccc(-n5c6ccccc6c6cc7c8ccccc8n8c9ccccc9c(c65)c78)cc4)cc32)cc1. The molecule has 0 aliphatic rings. The van der Waals surface area contributed by atoms with E-state index in [1.54, 1.807) is 0 Å². The fourth-order valence-corrected chi connectivity index (χ4v) is 10.4. The summed E-state index contributed by atoms with van der Waals surface area (Å²) in [6, 6.07) is 72.1. The van der Waals surface area contributed by atoms with E-state index >= 15 is 0 Å². The first-order chi connectivity index (χ1) is 30.3. The summed E-state index contributed by atoms with van der Waals surface area (Å²) in [5, 5.41) is 10.0. The third kappa shape index (κ3) is 4.44. The van der Waals surface area contributed by atoms with Gasteiger partial charge in [-0.3, -0.25) is 0 Å². The summed E-state index contributed by atoms with van der Waals surface area (Å²) in [4.78, 5) is 10.7. The maximum Gasteiger partial charge on any atom is 0.0973 e. The molecule has 0 N–H and O–H groups in total. The third-order valence-corrected chi connectivity index (χ3v) is 12.9. The quantitative estimate of drug-likeness (QED) is 0.179. The molecule has 0 radical (unpaired) electrons. The maximum absolute atomic E-state index is 5.36. The van der Waals surface area contributed by atoms with Crippen LogP contribution in [0.2, 0.25) is 0 Å². The Bertz CT molecular complexity index is 4090. The zero-order chi connectivity index (χ0) is 39.8. The highest BCUT2D eigenvalue weighted by molar-refractivity contribution is 6.34. The Hall–Kier alpha value is -8.28. The van der Waals surface area contributed by atoms with Gasteiger partial charge in [0.2, 0.25) is 0 Å². The van der Waals surface area contributed by atoms with Gasteiger partial charge >= 0.3 is 0 Å². The van der Waals surface area contributed by atoms with Gasteiger partial charge in [0.25, 0.3) is 0 Å². The second-order valence-corrected chi connectivity index (χ2v) is 16.1. The van der Waals surface area contributed by atoms with Crippen molar-refractivity contribution >= 4 is 92.7 Å². The molecule has 14 rings (SSSR count). The van der Waals surface area contributed by atoms with Crippen LogP contribution in [-0.4, -0.2) is 23.5 Å². The van der Waals surface area contributed by atoms with Gasteiger partial charge in [0, 0.05) is 65.6 Å². The molecular formula is C56H33N5. The number of rotatable bonds is 4. The largest absolute Gasteiger partial charge is 0.309 e. The normalized spacial score (nSPS) is 12.3. The number of hydrogen-bond donors (Lipinski definition) is 0. The second kappa shape index (κ2) is 12.1. The molecule has 0 saturated heterocycles. The number of para-hydroxylation sites is 7. The van der Waals surface area contributed by atoms with Gasteiger partial charge in [-0.2, -0.15) is 0 Å². The number of fused-ring (bicyclic) bond motifs is 14. The minimum Gasteiger partial charge on any atom is -0.309 e. The van der Waals surface area contributed by atoms with E-state index in [1.807, 2.05) is 12.1 Å². The standard InChI is InChI=1S/C56H33N5/c1-2-14-36(15-3-1)59-47-22-10-4-16-38(47)41-31-28-35(32-51(41)59)54-53(57-45-20-8-9-21-46(45)58-54)34-26-29-37(30-27-34)60-48-23-11-5-17-39(48)43-33-44-40-18-6-12-24-49(40)61-50-25-13-7-19-42(50)52(55(43)60)56(44)61/h1-33H. The summed E-state index contributed by atoms with van der Waals surface area (Å²) in [5.41, 5.74) is 16.2. The third-order valence-electron chi connectivity index (χ3n) is 12.9. The van der Waals surface area contributed by atoms with Gasteiger partial charge in [-0.05, 0) is 72.8 Å². The first-order valence-corrected chi connectivity index (χ1v) is 20.8. The summed E-state index contributed by atoms with van der Waals surface area (Å²) < 4.78 is 7.30. The highest BCUT2D eigenvalue weighted by Gasteiger charge is 2.24. The first kappa shape index (κ1) is 32.7. The molecule has 61 heavy (non-hydrogen) atoms. The average molecular weight is 776 g/mol. The number of nitrogens with zero attached hydrogens (tertiary/aromatic N) is 5. The molecule has 9 aromatic carbocycles. The van der Waals surface area contributed by atoms with Crippen molar-refractivity contribution in [1.82, 2.24) is 23.5 Å². The Morgan fingerprint density at radius 3 is 1.48 bits per heavy atom. The summed E-state index contributed by atoms with van der Waals surface area (Å²) in [7, 11) is 0. The molecule has 282 valence electrons. The Morgan fingerprint density at radius 1 is 0.295 bits per heavy atom. The monoisotopic (exact) mass is 775 g/mol. The molecule has 0 amide bonds. The lowest BCUT2D eigenvalue weighted by molar-refractivity contribution is 1.18. The van der Waals surface area contributed by atoms with Crippen molar-refractivity contribution in [2.75, 3.05) is 0 Å². The predicted molar refractivity (Wildman–Crippen MR) is 254 cm³/mol.